The summed E-state index contributed by atoms with van der Waals surface area (Å²) < 4.78 is 13.3. The van der Waals surface area contributed by atoms with Gasteiger partial charge in [0, 0.05) is 23.2 Å². The molecular weight excluding hydrogens is 265 g/mol. The summed E-state index contributed by atoms with van der Waals surface area (Å²) in [5.41, 5.74) is 6.25. The van der Waals surface area contributed by atoms with Crippen LogP contribution in [0.25, 0.3) is 11.3 Å². The molecule has 0 atom stereocenters. The molecule has 0 unspecified atom stereocenters. The zero-order valence-electron chi connectivity index (χ0n) is 11.6. The predicted molar refractivity (Wildman–Crippen MR) is 81.2 cm³/mol. The fourth-order valence-corrected chi connectivity index (χ4v) is 2.77. The molecule has 1 aliphatic rings. The largest absolute Gasteiger partial charge is 0.340 e. The number of aromatic nitrogens is 2. The summed E-state index contributed by atoms with van der Waals surface area (Å²) in [7, 11) is 0. The molecule has 0 aliphatic heterocycles. The second-order valence-electron chi connectivity index (χ2n) is 5.40. The number of H-pyrrole nitrogens is 1. The third kappa shape index (κ3) is 2.00. The number of nitrogens with zero attached hydrogens (tertiary/aromatic N) is 1. The van der Waals surface area contributed by atoms with E-state index in [1.165, 1.54) is 11.6 Å². The molecule has 4 heteroatoms. The quantitative estimate of drug-likeness (QED) is 0.578. The number of fused-ring (bicyclic) bond motifs is 3. The van der Waals surface area contributed by atoms with Gasteiger partial charge in [-0.2, -0.15) is 5.10 Å². The van der Waals surface area contributed by atoms with Gasteiger partial charge >= 0.3 is 0 Å². The Kier molecular flexibility index (Phi) is 2.57. The van der Waals surface area contributed by atoms with Crippen LogP contribution in [0.1, 0.15) is 16.7 Å². The molecule has 4 rings (SSSR count). The summed E-state index contributed by atoms with van der Waals surface area (Å²) in [4.78, 5) is 0. The highest BCUT2D eigenvalue weighted by molar-refractivity contribution is 5.79. The van der Waals surface area contributed by atoms with Crippen molar-refractivity contribution in [1.29, 1.82) is 0 Å². The lowest BCUT2D eigenvalue weighted by molar-refractivity contribution is 0.626. The van der Waals surface area contributed by atoms with Gasteiger partial charge in [-0.1, -0.05) is 17.7 Å². The van der Waals surface area contributed by atoms with E-state index in [-0.39, 0.29) is 5.82 Å². The molecule has 3 nitrogen and oxygen atoms in total. The molecule has 3 aromatic rings. The smallest absolute Gasteiger partial charge is 0.130 e. The lowest BCUT2D eigenvalue weighted by Crippen LogP contribution is -1.94. The summed E-state index contributed by atoms with van der Waals surface area (Å²) in [6, 6.07) is 13.1. The lowest BCUT2D eigenvalue weighted by atomic mass is 10.1. The molecule has 0 fully saturated rings. The van der Waals surface area contributed by atoms with E-state index < -0.39 is 0 Å². The number of anilines is 2. The summed E-state index contributed by atoms with van der Waals surface area (Å²) in [6.07, 6.45) is 0.702. The van der Waals surface area contributed by atoms with Gasteiger partial charge < -0.3 is 5.32 Å². The molecule has 1 aromatic heterocycles. The topological polar surface area (TPSA) is 40.7 Å². The molecule has 0 saturated carbocycles. The van der Waals surface area contributed by atoms with Crippen molar-refractivity contribution in [3.05, 3.63) is 65.0 Å². The van der Waals surface area contributed by atoms with E-state index in [0.717, 1.165) is 33.9 Å². The first-order chi connectivity index (χ1) is 10.2. The highest BCUT2D eigenvalue weighted by Crippen LogP contribution is 2.39. The van der Waals surface area contributed by atoms with Gasteiger partial charge in [-0.05, 0) is 42.8 Å². The zero-order valence-corrected chi connectivity index (χ0v) is 11.6. The second-order valence-corrected chi connectivity index (χ2v) is 5.40. The molecule has 2 N–H and O–H groups in total. The fraction of sp³-hybridized carbons (Fsp3) is 0.118. The van der Waals surface area contributed by atoms with Gasteiger partial charge in [0.25, 0.3) is 0 Å². The molecule has 1 aliphatic carbocycles. The Balaban J connectivity index is 1.69. The van der Waals surface area contributed by atoms with Crippen LogP contribution in [0.5, 0.6) is 0 Å². The summed E-state index contributed by atoms with van der Waals surface area (Å²) in [5.74, 6) is 0.682. The number of hydrogen-bond acceptors (Lipinski definition) is 2. The predicted octanol–water partition coefficient (Wildman–Crippen LogP) is 4.17. The van der Waals surface area contributed by atoms with Crippen molar-refractivity contribution in [1.82, 2.24) is 10.2 Å². The summed E-state index contributed by atoms with van der Waals surface area (Å²) >= 11 is 0. The van der Waals surface area contributed by atoms with Crippen molar-refractivity contribution in [2.75, 3.05) is 5.32 Å². The van der Waals surface area contributed by atoms with Crippen molar-refractivity contribution in [2.24, 2.45) is 0 Å². The van der Waals surface area contributed by atoms with Crippen LogP contribution < -0.4 is 5.32 Å². The van der Waals surface area contributed by atoms with Gasteiger partial charge in [0.05, 0.1) is 5.69 Å². The highest BCUT2D eigenvalue weighted by atomic mass is 19.1. The van der Waals surface area contributed by atoms with E-state index in [9.17, 15) is 4.39 Å². The first kappa shape index (κ1) is 12.1. The Morgan fingerprint density at radius 1 is 1.14 bits per heavy atom. The van der Waals surface area contributed by atoms with Crippen molar-refractivity contribution >= 4 is 11.5 Å². The van der Waals surface area contributed by atoms with Gasteiger partial charge in [-0.15, -0.1) is 0 Å². The Morgan fingerprint density at radius 3 is 2.76 bits per heavy atom. The molecule has 0 amide bonds. The van der Waals surface area contributed by atoms with Gasteiger partial charge in [0.15, 0.2) is 0 Å². The first-order valence-electron chi connectivity index (χ1n) is 6.90. The number of benzene rings is 2. The van der Waals surface area contributed by atoms with Crippen LogP contribution in [0.4, 0.5) is 15.9 Å². The van der Waals surface area contributed by atoms with E-state index in [1.807, 2.05) is 12.1 Å². The summed E-state index contributed by atoms with van der Waals surface area (Å²) in [5, 5.41) is 10.8. The normalized spacial score (nSPS) is 12.1. The fourth-order valence-electron chi connectivity index (χ4n) is 2.77. The van der Waals surface area contributed by atoms with Crippen LogP contribution in [-0.4, -0.2) is 10.2 Å². The minimum atomic E-state index is -0.198. The Morgan fingerprint density at radius 2 is 1.95 bits per heavy atom. The number of hydrogen-bond donors (Lipinski definition) is 2. The van der Waals surface area contributed by atoms with E-state index in [2.05, 4.69) is 34.6 Å². The number of rotatable bonds is 2. The molecule has 0 radical (unpaired) electrons. The van der Waals surface area contributed by atoms with Crippen molar-refractivity contribution in [3.8, 4) is 11.3 Å². The molecule has 0 saturated heterocycles. The number of nitrogens with one attached hydrogen (secondary N) is 2. The maximum absolute atomic E-state index is 13.3. The zero-order chi connectivity index (χ0) is 14.4. The Hall–Kier alpha value is -2.62. The molecule has 21 heavy (non-hydrogen) atoms. The van der Waals surface area contributed by atoms with E-state index in [1.54, 1.807) is 12.1 Å². The van der Waals surface area contributed by atoms with Gasteiger partial charge in [-0.25, -0.2) is 4.39 Å². The second kappa shape index (κ2) is 4.45. The van der Waals surface area contributed by atoms with Gasteiger partial charge in [0.2, 0.25) is 0 Å². The van der Waals surface area contributed by atoms with Crippen LogP contribution in [-0.2, 0) is 6.42 Å². The third-order valence-electron chi connectivity index (χ3n) is 3.88. The van der Waals surface area contributed by atoms with E-state index in [4.69, 9.17) is 0 Å². The molecule has 1 heterocycles. The molecule has 2 aromatic carbocycles. The maximum atomic E-state index is 13.3. The lowest BCUT2D eigenvalue weighted by Gasteiger charge is -2.06. The van der Waals surface area contributed by atoms with Crippen LogP contribution in [0.2, 0.25) is 0 Å². The average Bonchev–Trinajstić information content (AvgIpc) is 3.01. The SMILES string of the molecule is Cc1ccc(Nc2[nH]nc3c2Cc2cc(F)ccc2-3)cc1. The minimum Gasteiger partial charge on any atom is -0.340 e. The van der Waals surface area contributed by atoms with Gasteiger partial charge in [-0.3, -0.25) is 5.10 Å². The molecular formula is C17H14FN3. The number of aryl methyl sites for hydroxylation is 1. The Bertz CT molecular complexity index is 819. The van der Waals surface area contributed by atoms with Crippen molar-refractivity contribution < 1.29 is 4.39 Å². The monoisotopic (exact) mass is 279 g/mol. The van der Waals surface area contributed by atoms with Crippen molar-refractivity contribution in [3.63, 3.8) is 0 Å². The van der Waals surface area contributed by atoms with E-state index in [0.29, 0.717) is 6.42 Å². The first-order valence-corrected chi connectivity index (χ1v) is 6.90. The van der Waals surface area contributed by atoms with Crippen LogP contribution >= 0.6 is 0 Å². The van der Waals surface area contributed by atoms with Crippen LogP contribution in [0.3, 0.4) is 0 Å². The molecule has 0 bridgehead atoms. The minimum absolute atomic E-state index is 0.198. The standard InChI is InChI=1S/C17H14FN3/c1-10-2-5-13(6-3-10)19-17-15-9-11-8-12(18)4-7-14(11)16(15)20-21-17/h2-8H,9H2,1H3,(H2,19,20,21). The number of aromatic amines is 1. The number of halogens is 1. The van der Waals surface area contributed by atoms with E-state index >= 15 is 0 Å². The molecule has 104 valence electrons. The maximum Gasteiger partial charge on any atom is 0.130 e. The Labute approximate surface area is 121 Å². The summed E-state index contributed by atoms with van der Waals surface area (Å²) in [6.45, 7) is 2.06. The van der Waals surface area contributed by atoms with Crippen LogP contribution in [0, 0.1) is 12.7 Å². The van der Waals surface area contributed by atoms with Gasteiger partial charge in [0.1, 0.15) is 11.6 Å². The van der Waals surface area contributed by atoms with Crippen LogP contribution in [0.15, 0.2) is 42.5 Å². The average molecular weight is 279 g/mol. The highest BCUT2D eigenvalue weighted by Gasteiger charge is 2.25. The third-order valence-corrected chi connectivity index (χ3v) is 3.88. The van der Waals surface area contributed by atoms with Crippen molar-refractivity contribution in [2.45, 2.75) is 13.3 Å². The molecule has 0 spiro atoms.